The van der Waals surface area contributed by atoms with Crippen LogP contribution in [0.1, 0.15) is 20.8 Å². The molecule has 0 aliphatic rings. The number of hydrogen-bond donors (Lipinski definition) is 0. The molecule has 9 heavy (non-hydrogen) atoms. The third-order valence-corrected chi connectivity index (χ3v) is 0.506. The van der Waals surface area contributed by atoms with Crippen LogP contribution in [0.15, 0.2) is 0 Å². The molecule has 0 aliphatic heterocycles. The zero-order valence-electron chi connectivity index (χ0n) is 5.82. The first-order chi connectivity index (χ1) is 3.56. The standard InChI is InChI=1S/C7H10O.Co/c1-7(2,3)5-4-6-8;/h6H,1-3H3;. The van der Waals surface area contributed by atoms with Crippen LogP contribution in [0.5, 0.6) is 0 Å². The third-order valence-electron chi connectivity index (χ3n) is 0.506. The van der Waals surface area contributed by atoms with Gasteiger partial charge in [0, 0.05) is 22.2 Å². The van der Waals surface area contributed by atoms with Crippen LogP contribution in [-0.2, 0) is 21.6 Å². The minimum Gasteiger partial charge on any atom is -0.289 e. The van der Waals surface area contributed by atoms with Crippen LogP contribution in [0.2, 0.25) is 0 Å². The summed E-state index contributed by atoms with van der Waals surface area (Å²) in [4.78, 5) is 9.68. The van der Waals surface area contributed by atoms with E-state index in [-0.39, 0.29) is 22.2 Å². The van der Waals surface area contributed by atoms with E-state index in [9.17, 15) is 4.79 Å². The topological polar surface area (TPSA) is 17.1 Å². The third kappa shape index (κ3) is 11.3. The van der Waals surface area contributed by atoms with Crippen molar-refractivity contribution in [2.45, 2.75) is 20.8 Å². The van der Waals surface area contributed by atoms with E-state index in [0.29, 0.717) is 6.29 Å². The SMILES string of the molecule is CC(C)(C)C#CC=O.[Co]. The molecule has 1 radical (unpaired) electrons. The average molecular weight is 169 g/mol. The molecule has 0 aromatic heterocycles. The van der Waals surface area contributed by atoms with E-state index < -0.39 is 0 Å². The van der Waals surface area contributed by atoms with Gasteiger partial charge in [-0.05, 0) is 26.7 Å². The van der Waals surface area contributed by atoms with Crippen molar-refractivity contribution in [2.75, 3.05) is 0 Å². The van der Waals surface area contributed by atoms with E-state index >= 15 is 0 Å². The Bertz CT molecular complexity index is 133. The average Bonchev–Trinajstić information content (AvgIpc) is 1.59. The molecule has 0 rings (SSSR count). The fraction of sp³-hybridized carbons (Fsp3) is 0.571. The van der Waals surface area contributed by atoms with Crippen molar-refractivity contribution in [1.29, 1.82) is 0 Å². The van der Waals surface area contributed by atoms with Gasteiger partial charge in [0.1, 0.15) is 0 Å². The second-order valence-electron chi connectivity index (χ2n) is 2.64. The van der Waals surface area contributed by atoms with Crippen molar-refractivity contribution in [3.05, 3.63) is 0 Å². The van der Waals surface area contributed by atoms with Gasteiger partial charge in [-0.3, -0.25) is 4.79 Å². The Labute approximate surface area is 66.4 Å². The molecule has 0 atom stereocenters. The van der Waals surface area contributed by atoms with Crippen molar-refractivity contribution < 1.29 is 21.6 Å². The molecule has 0 heterocycles. The molecule has 1 nitrogen and oxygen atoms in total. The Hall–Kier alpha value is -0.264. The molecule has 53 valence electrons. The quantitative estimate of drug-likeness (QED) is 0.393. The molecule has 2 heteroatoms. The zero-order valence-corrected chi connectivity index (χ0v) is 6.86. The van der Waals surface area contributed by atoms with Crippen molar-refractivity contribution >= 4 is 6.29 Å². The predicted octanol–water partition coefficient (Wildman–Crippen LogP) is 1.23. The van der Waals surface area contributed by atoms with Crippen LogP contribution in [0.3, 0.4) is 0 Å². The smallest absolute Gasteiger partial charge is 0.192 e. The Morgan fingerprint density at radius 1 is 1.33 bits per heavy atom. The maximum Gasteiger partial charge on any atom is 0.192 e. The fourth-order valence-electron chi connectivity index (χ4n) is 0.246. The molecule has 0 unspecified atom stereocenters. The Morgan fingerprint density at radius 3 is 1.89 bits per heavy atom. The maximum atomic E-state index is 9.68. The molecule has 0 fully saturated rings. The molecule has 0 aromatic carbocycles. The van der Waals surface area contributed by atoms with Crippen molar-refractivity contribution in [1.82, 2.24) is 0 Å². The van der Waals surface area contributed by atoms with Gasteiger partial charge in [-0.25, -0.2) is 0 Å². The Kier molecular flexibility index (Phi) is 5.89. The van der Waals surface area contributed by atoms with Crippen LogP contribution in [0, 0.1) is 17.3 Å². The van der Waals surface area contributed by atoms with Gasteiger partial charge in [-0.2, -0.15) is 0 Å². The van der Waals surface area contributed by atoms with E-state index in [2.05, 4.69) is 11.8 Å². The Morgan fingerprint density at radius 2 is 1.78 bits per heavy atom. The number of carbonyl (C=O) groups excluding carboxylic acids is 1. The molecular formula is C7H10CoO. The van der Waals surface area contributed by atoms with Gasteiger partial charge >= 0.3 is 0 Å². The first kappa shape index (κ1) is 11.5. The molecule has 0 bridgehead atoms. The van der Waals surface area contributed by atoms with Gasteiger partial charge in [-0.1, -0.05) is 5.92 Å². The summed E-state index contributed by atoms with van der Waals surface area (Å²) in [5, 5.41) is 0. The van der Waals surface area contributed by atoms with Crippen LogP contribution in [0.25, 0.3) is 0 Å². The molecular weight excluding hydrogens is 159 g/mol. The van der Waals surface area contributed by atoms with Gasteiger partial charge in [0.2, 0.25) is 0 Å². The largest absolute Gasteiger partial charge is 0.289 e. The normalized spacial score (nSPS) is 8.33. The van der Waals surface area contributed by atoms with E-state index in [0.717, 1.165) is 0 Å². The summed E-state index contributed by atoms with van der Waals surface area (Å²) < 4.78 is 0. The molecule has 0 saturated heterocycles. The zero-order chi connectivity index (χ0) is 6.62. The van der Waals surface area contributed by atoms with Crippen molar-refractivity contribution in [3.8, 4) is 11.8 Å². The van der Waals surface area contributed by atoms with Crippen LogP contribution >= 0.6 is 0 Å². The summed E-state index contributed by atoms with van der Waals surface area (Å²) >= 11 is 0. The van der Waals surface area contributed by atoms with Crippen molar-refractivity contribution in [2.24, 2.45) is 5.41 Å². The number of hydrogen-bond acceptors (Lipinski definition) is 1. The second kappa shape index (κ2) is 4.60. The molecule has 0 N–H and O–H groups in total. The van der Waals surface area contributed by atoms with Gasteiger partial charge < -0.3 is 0 Å². The molecule has 0 aromatic rings. The summed E-state index contributed by atoms with van der Waals surface area (Å²) in [7, 11) is 0. The first-order valence-electron chi connectivity index (χ1n) is 2.52. The van der Waals surface area contributed by atoms with Crippen LogP contribution < -0.4 is 0 Å². The number of aldehydes is 1. The van der Waals surface area contributed by atoms with Gasteiger partial charge in [-0.15, -0.1) is 0 Å². The summed E-state index contributed by atoms with van der Waals surface area (Å²) in [6.07, 6.45) is 0.616. The minimum absolute atomic E-state index is 0. The van der Waals surface area contributed by atoms with E-state index in [1.807, 2.05) is 20.8 Å². The van der Waals surface area contributed by atoms with Gasteiger partial charge in [0.25, 0.3) is 0 Å². The molecule has 0 saturated carbocycles. The van der Waals surface area contributed by atoms with Crippen LogP contribution in [0.4, 0.5) is 0 Å². The van der Waals surface area contributed by atoms with E-state index in [1.54, 1.807) is 0 Å². The minimum atomic E-state index is -0.0408. The first-order valence-corrected chi connectivity index (χ1v) is 2.52. The van der Waals surface area contributed by atoms with E-state index in [4.69, 9.17) is 0 Å². The monoisotopic (exact) mass is 169 g/mol. The summed E-state index contributed by atoms with van der Waals surface area (Å²) in [6, 6.07) is 0. The number of carbonyl (C=O) groups is 1. The summed E-state index contributed by atoms with van der Waals surface area (Å²) in [6.45, 7) is 5.89. The van der Waals surface area contributed by atoms with Crippen molar-refractivity contribution in [3.63, 3.8) is 0 Å². The predicted molar refractivity (Wildman–Crippen MR) is 33.3 cm³/mol. The molecule has 0 aliphatic carbocycles. The van der Waals surface area contributed by atoms with Gasteiger partial charge in [0.05, 0.1) is 0 Å². The molecule has 0 amide bonds. The second-order valence-corrected chi connectivity index (χ2v) is 2.64. The van der Waals surface area contributed by atoms with E-state index in [1.165, 1.54) is 0 Å². The maximum absolute atomic E-state index is 9.68. The fourth-order valence-corrected chi connectivity index (χ4v) is 0.246. The summed E-state index contributed by atoms with van der Waals surface area (Å²) in [5.41, 5.74) is -0.0408. The number of rotatable bonds is 0. The Balaban J connectivity index is 0. The van der Waals surface area contributed by atoms with Crippen LogP contribution in [-0.4, -0.2) is 6.29 Å². The van der Waals surface area contributed by atoms with Gasteiger partial charge in [0.15, 0.2) is 6.29 Å². The summed E-state index contributed by atoms with van der Waals surface area (Å²) in [5.74, 6) is 5.11. The molecule has 0 spiro atoms.